The fourth-order valence-corrected chi connectivity index (χ4v) is 4.00. The number of nitrogens with one attached hydrogen (secondary N) is 1. The SMILES string of the molecule is N=C(N)c1ccc(SCC2CCCC2)c(Br)c1. The number of hydrogen-bond acceptors (Lipinski definition) is 2. The van der Waals surface area contributed by atoms with Crippen molar-refractivity contribution in [2.24, 2.45) is 11.7 Å². The number of hydrogen-bond donors (Lipinski definition) is 2. The van der Waals surface area contributed by atoms with Gasteiger partial charge in [0.1, 0.15) is 5.84 Å². The number of benzene rings is 1. The van der Waals surface area contributed by atoms with Crippen molar-refractivity contribution in [3.05, 3.63) is 28.2 Å². The van der Waals surface area contributed by atoms with Crippen LogP contribution in [-0.4, -0.2) is 11.6 Å². The van der Waals surface area contributed by atoms with Crippen LogP contribution >= 0.6 is 27.7 Å². The molecule has 0 spiro atoms. The molecule has 2 rings (SSSR count). The molecule has 0 radical (unpaired) electrons. The van der Waals surface area contributed by atoms with E-state index in [-0.39, 0.29) is 5.84 Å². The third-order valence-electron chi connectivity index (χ3n) is 3.19. The molecule has 4 heteroatoms. The highest BCUT2D eigenvalue weighted by atomic mass is 79.9. The van der Waals surface area contributed by atoms with Gasteiger partial charge in [0.25, 0.3) is 0 Å². The first-order valence-corrected chi connectivity index (χ1v) is 7.71. The summed E-state index contributed by atoms with van der Waals surface area (Å²) >= 11 is 5.46. The van der Waals surface area contributed by atoms with E-state index in [1.807, 2.05) is 23.9 Å². The van der Waals surface area contributed by atoms with E-state index in [2.05, 4.69) is 22.0 Å². The molecule has 0 heterocycles. The average Bonchev–Trinajstić information content (AvgIpc) is 2.80. The van der Waals surface area contributed by atoms with Crippen LogP contribution in [0, 0.1) is 11.3 Å². The fourth-order valence-electron chi connectivity index (χ4n) is 2.17. The molecule has 1 fully saturated rings. The normalized spacial score (nSPS) is 16.3. The molecule has 1 aromatic rings. The van der Waals surface area contributed by atoms with Crippen molar-refractivity contribution in [3.8, 4) is 0 Å². The molecular formula is C13H17BrN2S. The lowest BCUT2D eigenvalue weighted by Gasteiger charge is -2.10. The molecule has 3 N–H and O–H groups in total. The molecule has 0 unspecified atom stereocenters. The van der Waals surface area contributed by atoms with Gasteiger partial charge in [0, 0.05) is 20.7 Å². The topological polar surface area (TPSA) is 49.9 Å². The zero-order chi connectivity index (χ0) is 12.3. The second-order valence-corrected chi connectivity index (χ2v) is 6.44. The van der Waals surface area contributed by atoms with E-state index >= 15 is 0 Å². The molecule has 0 saturated heterocycles. The summed E-state index contributed by atoms with van der Waals surface area (Å²) in [4.78, 5) is 1.25. The second kappa shape index (κ2) is 5.91. The smallest absolute Gasteiger partial charge is 0.122 e. The quantitative estimate of drug-likeness (QED) is 0.501. The van der Waals surface area contributed by atoms with Gasteiger partial charge in [-0.05, 0) is 46.8 Å². The van der Waals surface area contributed by atoms with Crippen LogP contribution in [-0.2, 0) is 0 Å². The maximum absolute atomic E-state index is 7.39. The van der Waals surface area contributed by atoms with E-state index in [4.69, 9.17) is 11.1 Å². The third-order valence-corrected chi connectivity index (χ3v) is 5.42. The maximum Gasteiger partial charge on any atom is 0.122 e. The summed E-state index contributed by atoms with van der Waals surface area (Å²) in [7, 11) is 0. The Morgan fingerprint density at radius 1 is 1.41 bits per heavy atom. The highest BCUT2D eigenvalue weighted by molar-refractivity contribution is 9.10. The number of thioether (sulfide) groups is 1. The Hall–Kier alpha value is -0.480. The third kappa shape index (κ3) is 3.49. The minimum Gasteiger partial charge on any atom is -0.384 e. The molecule has 1 aliphatic carbocycles. The first kappa shape index (κ1) is 13.0. The van der Waals surface area contributed by atoms with Crippen molar-refractivity contribution in [1.29, 1.82) is 5.41 Å². The Labute approximate surface area is 115 Å². The highest BCUT2D eigenvalue weighted by Gasteiger charge is 2.15. The van der Waals surface area contributed by atoms with Crippen molar-refractivity contribution in [2.75, 3.05) is 5.75 Å². The molecule has 2 nitrogen and oxygen atoms in total. The fraction of sp³-hybridized carbons (Fsp3) is 0.462. The summed E-state index contributed by atoms with van der Waals surface area (Å²) in [5, 5.41) is 7.39. The van der Waals surface area contributed by atoms with Crippen LogP contribution in [0.15, 0.2) is 27.6 Å². The minimum absolute atomic E-state index is 0.123. The average molecular weight is 313 g/mol. The number of amidine groups is 1. The summed E-state index contributed by atoms with van der Waals surface area (Å²) in [6, 6.07) is 5.91. The van der Waals surface area contributed by atoms with Gasteiger partial charge in [0.2, 0.25) is 0 Å². The van der Waals surface area contributed by atoms with E-state index in [9.17, 15) is 0 Å². The summed E-state index contributed by atoms with van der Waals surface area (Å²) < 4.78 is 1.05. The Morgan fingerprint density at radius 2 is 2.12 bits per heavy atom. The van der Waals surface area contributed by atoms with Crippen molar-refractivity contribution >= 4 is 33.5 Å². The van der Waals surface area contributed by atoms with Gasteiger partial charge >= 0.3 is 0 Å². The van der Waals surface area contributed by atoms with Gasteiger partial charge in [-0.3, -0.25) is 5.41 Å². The lowest BCUT2D eigenvalue weighted by Crippen LogP contribution is -2.10. The number of rotatable bonds is 4. The van der Waals surface area contributed by atoms with Crippen molar-refractivity contribution < 1.29 is 0 Å². The van der Waals surface area contributed by atoms with Crippen molar-refractivity contribution in [3.63, 3.8) is 0 Å². The molecule has 0 aliphatic heterocycles. The summed E-state index contributed by atoms with van der Waals surface area (Å²) in [6.07, 6.45) is 5.57. The van der Waals surface area contributed by atoms with Crippen LogP contribution < -0.4 is 5.73 Å². The summed E-state index contributed by atoms with van der Waals surface area (Å²) in [5.41, 5.74) is 6.24. The van der Waals surface area contributed by atoms with Crippen molar-refractivity contribution in [2.45, 2.75) is 30.6 Å². The monoisotopic (exact) mass is 312 g/mol. The van der Waals surface area contributed by atoms with Crippen LogP contribution in [0.4, 0.5) is 0 Å². The molecule has 0 amide bonds. The van der Waals surface area contributed by atoms with Crippen LogP contribution in [0.25, 0.3) is 0 Å². The Bertz CT molecular complexity index is 414. The van der Waals surface area contributed by atoms with E-state index in [1.165, 1.54) is 36.3 Å². The lowest BCUT2D eigenvalue weighted by molar-refractivity contribution is 0.623. The lowest BCUT2D eigenvalue weighted by atomic mass is 10.1. The van der Waals surface area contributed by atoms with Gasteiger partial charge in [-0.1, -0.05) is 18.9 Å². The van der Waals surface area contributed by atoms with E-state index < -0.39 is 0 Å². The first-order chi connectivity index (χ1) is 8.16. The molecular weight excluding hydrogens is 296 g/mol. The standard InChI is InChI=1S/C13H17BrN2S/c14-11-7-10(13(15)16)5-6-12(11)17-8-9-3-1-2-4-9/h5-7,9H,1-4,8H2,(H3,15,16). The molecule has 0 aromatic heterocycles. The highest BCUT2D eigenvalue weighted by Crippen LogP contribution is 2.34. The predicted octanol–water partition coefficient (Wildman–Crippen LogP) is 4.02. The number of nitrogens with two attached hydrogens (primary N) is 1. The summed E-state index contributed by atoms with van der Waals surface area (Å²) in [6.45, 7) is 0. The Balaban J connectivity index is 1.98. The van der Waals surface area contributed by atoms with Gasteiger partial charge in [0.05, 0.1) is 0 Å². The zero-order valence-electron chi connectivity index (χ0n) is 9.71. The molecule has 1 aliphatic rings. The van der Waals surface area contributed by atoms with Gasteiger partial charge in [-0.2, -0.15) is 0 Å². The van der Waals surface area contributed by atoms with Crippen LogP contribution in [0.5, 0.6) is 0 Å². The molecule has 0 atom stereocenters. The molecule has 1 aromatic carbocycles. The van der Waals surface area contributed by atoms with E-state index in [0.29, 0.717) is 0 Å². The largest absolute Gasteiger partial charge is 0.384 e. The first-order valence-electron chi connectivity index (χ1n) is 5.93. The second-order valence-electron chi connectivity index (χ2n) is 4.52. The van der Waals surface area contributed by atoms with Crippen LogP contribution in [0.3, 0.4) is 0 Å². The molecule has 92 valence electrons. The van der Waals surface area contributed by atoms with Gasteiger partial charge < -0.3 is 5.73 Å². The minimum atomic E-state index is 0.123. The Morgan fingerprint density at radius 3 is 2.71 bits per heavy atom. The summed E-state index contributed by atoms with van der Waals surface area (Å²) in [5.74, 6) is 2.22. The van der Waals surface area contributed by atoms with E-state index in [0.717, 1.165) is 16.0 Å². The van der Waals surface area contributed by atoms with Crippen LogP contribution in [0.1, 0.15) is 31.2 Å². The number of halogens is 1. The zero-order valence-corrected chi connectivity index (χ0v) is 12.1. The molecule has 17 heavy (non-hydrogen) atoms. The predicted molar refractivity (Wildman–Crippen MR) is 77.8 cm³/mol. The van der Waals surface area contributed by atoms with Gasteiger partial charge in [0.15, 0.2) is 0 Å². The molecule has 0 bridgehead atoms. The van der Waals surface area contributed by atoms with Gasteiger partial charge in [-0.25, -0.2) is 0 Å². The molecule has 1 saturated carbocycles. The number of nitrogen functional groups attached to an aromatic ring is 1. The van der Waals surface area contributed by atoms with Crippen molar-refractivity contribution in [1.82, 2.24) is 0 Å². The van der Waals surface area contributed by atoms with Gasteiger partial charge in [-0.15, -0.1) is 11.8 Å². The van der Waals surface area contributed by atoms with Crippen LogP contribution in [0.2, 0.25) is 0 Å². The Kier molecular flexibility index (Phi) is 4.51. The van der Waals surface area contributed by atoms with E-state index in [1.54, 1.807) is 0 Å². The maximum atomic E-state index is 7.39.